The maximum atomic E-state index is 11.8. The molecule has 0 saturated heterocycles. The van der Waals surface area contributed by atoms with Crippen LogP contribution in [0.2, 0.25) is 0 Å². The number of carboxylic acid groups (broad SMARTS) is 1. The summed E-state index contributed by atoms with van der Waals surface area (Å²) in [5.74, 6) is -1.65. The average molecular weight is 275 g/mol. The Morgan fingerprint density at radius 3 is 2.16 bits per heavy atom. The number of carbonyl (C=O) groups is 3. The number of nitrogens with zero attached hydrogens (tertiary/aromatic N) is 1. The number of hydrogen-bond acceptors (Lipinski definition) is 4. The van der Waals surface area contributed by atoms with Crippen LogP contribution in [0.25, 0.3) is 0 Å². The van der Waals surface area contributed by atoms with Crippen molar-refractivity contribution in [2.75, 3.05) is 19.6 Å². The van der Waals surface area contributed by atoms with Crippen molar-refractivity contribution in [3.8, 4) is 0 Å². The first-order valence-electron chi connectivity index (χ1n) is 6.07. The Kier molecular flexibility index (Phi) is 7.50. The zero-order valence-corrected chi connectivity index (χ0v) is 11.3. The third kappa shape index (κ3) is 6.05. The van der Waals surface area contributed by atoms with Crippen molar-refractivity contribution in [2.45, 2.75) is 32.9 Å². The topological polar surface area (TPSA) is 119 Å². The molecule has 0 rings (SSSR count). The van der Waals surface area contributed by atoms with Gasteiger partial charge in [0.2, 0.25) is 5.91 Å². The molecule has 0 aliphatic heterocycles. The maximum absolute atomic E-state index is 11.8. The number of urea groups is 1. The van der Waals surface area contributed by atoms with Crippen LogP contribution in [0.1, 0.15) is 20.8 Å². The Labute approximate surface area is 111 Å². The van der Waals surface area contributed by atoms with Crippen molar-refractivity contribution in [1.29, 1.82) is 0 Å². The summed E-state index contributed by atoms with van der Waals surface area (Å²) < 4.78 is 0. The smallest absolute Gasteiger partial charge is 0.334 e. The molecule has 0 aromatic rings. The molecule has 0 aliphatic carbocycles. The van der Waals surface area contributed by atoms with Crippen molar-refractivity contribution in [2.24, 2.45) is 0 Å². The van der Waals surface area contributed by atoms with Gasteiger partial charge in [-0.3, -0.25) is 4.79 Å². The van der Waals surface area contributed by atoms with Gasteiger partial charge in [-0.05, 0) is 20.8 Å². The molecule has 19 heavy (non-hydrogen) atoms. The molecule has 2 atom stereocenters. The Hall–Kier alpha value is -1.83. The van der Waals surface area contributed by atoms with E-state index in [0.717, 1.165) is 0 Å². The first kappa shape index (κ1) is 17.2. The molecular weight excluding hydrogens is 254 g/mol. The standard InChI is InChI=1S/C11H21N3O5/c1-4-14(5-2)9(16)7(3)13-11(19)12-6-8(15)10(17)18/h7-8,15H,4-6H2,1-3H3,(H,17,18)(H2,12,13,19). The van der Waals surface area contributed by atoms with Crippen molar-refractivity contribution < 1.29 is 24.6 Å². The second-order valence-corrected chi connectivity index (χ2v) is 3.94. The van der Waals surface area contributed by atoms with E-state index in [9.17, 15) is 14.4 Å². The van der Waals surface area contributed by atoms with E-state index < -0.39 is 30.7 Å². The molecule has 8 nitrogen and oxygen atoms in total. The summed E-state index contributed by atoms with van der Waals surface area (Å²) in [5, 5.41) is 21.9. The SMILES string of the molecule is CCN(CC)C(=O)C(C)NC(=O)NCC(O)C(=O)O. The summed E-state index contributed by atoms with van der Waals surface area (Å²) in [4.78, 5) is 35.1. The normalized spacial score (nSPS) is 13.3. The fourth-order valence-electron chi connectivity index (χ4n) is 1.40. The molecule has 0 aliphatic rings. The lowest BCUT2D eigenvalue weighted by molar-refractivity contribution is -0.146. The summed E-state index contributed by atoms with van der Waals surface area (Å²) in [7, 11) is 0. The second-order valence-electron chi connectivity index (χ2n) is 3.94. The Bertz CT molecular complexity index is 330. The number of amides is 3. The van der Waals surface area contributed by atoms with Crippen LogP contribution in [0.15, 0.2) is 0 Å². The third-order valence-corrected chi connectivity index (χ3v) is 2.53. The monoisotopic (exact) mass is 275 g/mol. The first-order chi connectivity index (χ1) is 8.83. The lowest BCUT2D eigenvalue weighted by Gasteiger charge is -2.23. The van der Waals surface area contributed by atoms with Gasteiger partial charge in [-0.15, -0.1) is 0 Å². The number of carbonyl (C=O) groups excluding carboxylic acids is 2. The first-order valence-corrected chi connectivity index (χ1v) is 6.07. The molecule has 0 heterocycles. The number of aliphatic hydroxyl groups is 1. The number of likely N-dealkylation sites (N-methyl/N-ethyl adjacent to an activating group) is 1. The van der Waals surface area contributed by atoms with Gasteiger partial charge in [0.1, 0.15) is 6.04 Å². The van der Waals surface area contributed by atoms with Gasteiger partial charge in [0.25, 0.3) is 0 Å². The molecule has 3 amide bonds. The zero-order valence-electron chi connectivity index (χ0n) is 11.3. The predicted molar refractivity (Wildman–Crippen MR) is 67.6 cm³/mol. The van der Waals surface area contributed by atoms with E-state index in [-0.39, 0.29) is 5.91 Å². The van der Waals surface area contributed by atoms with E-state index in [0.29, 0.717) is 13.1 Å². The van der Waals surface area contributed by atoms with E-state index in [1.54, 1.807) is 4.90 Å². The van der Waals surface area contributed by atoms with Gasteiger partial charge >= 0.3 is 12.0 Å². The van der Waals surface area contributed by atoms with E-state index in [1.165, 1.54) is 6.92 Å². The molecule has 0 spiro atoms. The minimum Gasteiger partial charge on any atom is -0.479 e. The molecule has 4 N–H and O–H groups in total. The van der Waals surface area contributed by atoms with Crippen molar-refractivity contribution in [1.82, 2.24) is 15.5 Å². The fraction of sp³-hybridized carbons (Fsp3) is 0.727. The minimum atomic E-state index is -1.67. The molecular formula is C11H21N3O5. The molecule has 0 bridgehead atoms. The van der Waals surface area contributed by atoms with Crippen LogP contribution in [0, 0.1) is 0 Å². The van der Waals surface area contributed by atoms with Crippen LogP contribution in [-0.2, 0) is 9.59 Å². The highest BCUT2D eigenvalue weighted by atomic mass is 16.4. The summed E-state index contributed by atoms with van der Waals surface area (Å²) in [6, 6.07) is -1.42. The van der Waals surface area contributed by atoms with E-state index in [2.05, 4.69) is 10.6 Å². The van der Waals surface area contributed by atoms with E-state index in [1.807, 2.05) is 13.8 Å². The zero-order chi connectivity index (χ0) is 15.0. The number of aliphatic carboxylic acids is 1. The van der Waals surface area contributed by atoms with Crippen LogP contribution in [0.4, 0.5) is 4.79 Å². The second kappa shape index (κ2) is 8.30. The van der Waals surface area contributed by atoms with Gasteiger partial charge in [-0.25, -0.2) is 9.59 Å². The summed E-state index contributed by atoms with van der Waals surface area (Å²) >= 11 is 0. The number of nitrogens with one attached hydrogen (secondary N) is 2. The molecule has 0 saturated carbocycles. The van der Waals surface area contributed by atoms with Gasteiger partial charge in [0.05, 0.1) is 6.54 Å². The molecule has 8 heteroatoms. The van der Waals surface area contributed by atoms with E-state index >= 15 is 0 Å². The highest BCUT2D eigenvalue weighted by Gasteiger charge is 2.20. The molecule has 0 aromatic carbocycles. The van der Waals surface area contributed by atoms with Crippen molar-refractivity contribution >= 4 is 17.9 Å². The van der Waals surface area contributed by atoms with Crippen LogP contribution >= 0.6 is 0 Å². The van der Waals surface area contributed by atoms with Crippen LogP contribution in [0.5, 0.6) is 0 Å². The molecule has 0 radical (unpaired) electrons. The lowest BCUT2D eigenvalue weighted by atomic mass is 10.3. The highest BCUT2D eigenvalue weighted by molar-refractivity contribution is 5.86. The number of aliphatic hydroxyl groups excluding tert-OH is 1. The molecule has 0 fully saturated rings. The van der Waals surface area contributed by atoms with Crippen LogP contribution in [0.3, 0.4) is 0 Å². The Balaban J connectivity index is 4.18. The number of hydrogen-bond donors (Lipinski definition) is 4. The van der Waals surface area contributed by atoms with Gasteiger partial charge < -0.3 is 25.7 Å². The van der Waals surface area contributed by atoms with Crippen molar-refractivity contribution in [3.63, 3.8) is 0 Å². The minimum absolute atomic E-state index is 0.223. The number of rotatable bonds is 7. The quantitative estimate of drug-likeness (QED) is 0.474. The average Bonchev–Trinajstić information content (AvgIpc) is 2.36. The van der Waals surface area contributed by atoms with Crippen LogP contribution in [-0.4, -0.2) is 64.8 Å². The number of carboxylic acids is 1. The molecule has 2 unspecified atom stereocenters. The third-order valence-electron chi connectivity index (χ3n) is 2.53. The van der Waals surface area contributed by atoms with Crippen molar-refractivity contribution in [3.05, 3.63) is 0 Å². The highest BCUT2D eigenvalue weighted by Crippen LogP contribution is 1.94. The summed E-state index contributed by atoms with van der Waals surface area (Å²) in [5.41, 5.74) is 0. The predicted octanol–water partition coefficient (Wildman–Crippen LogP) is -1.01. The Morgan fingerprint density at radius 2 is 1.74 bits per heavy atom. The lowest BCUT2D eigenvalue weighted by Crippen LogP contribution is -2.51. The molecule has 0 aromatic heterocycles. The van der Waals surface area contributed by atoms with Crippen LogP contribution < -0.4 is 10.6 Å². The van der Waals surface area contributed by atoms with Gasteiger partial charge in [0, 0.05) is 13.1 Å². The van der Waals surface area contributed by atoms with Gasteiger partial charge in [-0.1, -0.05) is 0 Å². The van der Waals surface area contributed by atoms with E-state index in [4.69, 9.17) is 10.2 Å². The Morgan fingerprint density at radius 1 is 1.21 bits per heavy atom. The summed E-state index contributed by atoms with van der Waals surface area (Å²) in [6.45, 7) is 5.86. The van der Waals surface area contributed by atoms with Gasteiger partial charge in [-0.2, -0.15) is 0 Å². The largest absolute Gasteiger partial charge is 0.479 e. The fourth-order valence-corrected chi connectivity index (χ4v) is 1.40. The molecule has 110 valence electrons. The summed E-state index contributed by atoms with van der Waals surface area (Å²) in [6.07, 6.45) is -1.67. The maximum Gasteiger partial charge on any atom is 0.334 e. The van der Waals surface area contributed by atoms with Gasteiger partial charge in [0.15, 0.2) is 6.10 Å².